The van der Waals surface area contributed by atoms with E-state index in [2.05, 4.69) is 46.8 Å². The quantitative estimate of drug-likeness (QED) is 0.328. The monoisotopic (exact) mass is 499 g/mol. The van der Waals surface area contributed by atoms with Crippen LogP contribution in [0, 0.1) is 6.92 Å². The number of hydrogen-bond donors (Lipinski definition) is 2. The van der Waals surface area contributed by atoms with Gasteiger partial charge in [0.05, 0.1) is 27.9 Å². The number of methoxy groups -OCH3 is 3. The normalized spacial score (nSPS) is 10.7. The lowest BCUT2D eigenvalue weighted by atomic mass is 10.1. The first kappa shape index (κ1) is 23.9. The summed E-state index contributed by atoms with van der Waals surface area (Å²) >= 11 is 0. The van der Waals surface area contributed by atoms with Gasteiger partial charge >= 0.3 is 0 Å². The minimum Gasteiger partial charge on any atom is -0.493 e. The van der Waals surface area contributed by atoms with Crippen LogP contribution in [0.15, 0.2) is 41.4 Å². The van der Waals surface area contributed by atoms with Crippen molar-refractivity contribution >= 4 is 29.9 Å². The number of aliphatic imine (C=N–C) groups is 1. The molecule has 0 atom stereocenters. The Morgan fingerprint density at radius 1 is 0.964 bits per heavy atom. The lowest BCUT2D eigenvalue weighted by molar-refractivity contribution is 0.322. The van der Waals surface area contributed by atoms with E-state index in [4.69, 9.17) is 14.2 Å². The summed E-state index contributed by atoms with van der Waals surface area (Å²) in [5, 5.41) is 6.62. The van der Waals surface area contributed by atoms with Gasteiger partial charge in [-0.25, -0.2) is 4.99 Å². The number of guanidine groups is 1. The van der Waals surface area contributed by atoms with Crippen molar-refractivity contribution in [2.75, 3.05) is 27.9 Å². The molecule has 0 aromatic heterocycles. The van der Waals surface area contributed by atoms with E-state index >= 15 is 0 Å². The van der Waals surface area contributed by atoms with Gasteiger partial charge in [-0.2, -0.15) is 0 Å². The van der Waals surface area contributed by atoms with Gasteiger partial charge in [0.2, 0.25) is 5.75 Å². The lowest BCUT2D eigenvalue weighted by Crippen LogP contribution is -2.36. The Morgan fingerprint density at radius 3 is 2.32 bits per heavy atom. The van der Waals surface area contributed by atoms with Gasteiger partial charge in [0.25, 0.3) is 0 Å². The molecule has 0 saturated carbocycles. The van der Waals surface area contributed by atoms with Crippen molar-refractivity contribution in [3.05, 3.63) is 53.1 Å². The highest BCUT2D eigenvalue weighted by atomic mass is 127. The Balaban J connectivity index is 0.00000392. The van der Waals surface area contributed by atoms with Crippen LogP contribution in [-0.4, -0.2) is 33.8 Å². The molecule has 0 amide bonds. The smallest absolute Gasteiger partial charge is 0.203 e. The van der Waals surface area contributed by atoms with Gasteiger partial charge < -0.3 is 24.8 Å². The molecule has 0 spiro atoms. The van der Waals surface area contributed by atoms with Crippen LogP contribution in [0.5, 0.6) is 17.2 Å². The molecule has 0 heterocycles. The molecule has 28 heavy (non-hydrogen) atoms. The highest BCUT2D eigenvalue weighted by Crippen LogP contribution is 2.39. The number of aryl methyl sites for hydroxylation is 1. The molecule has 7 heteroatoms. The molecule has 0 unspecified atom stereocenters. The Hall–Kier alpha value is -2.16. The van der Waals surface area contributed by atoms with Crippen LogP contribution in [0.25, 0.3) is 0 Å². The molecule has 0 radical (unpaired) electrons. The van der Waals surface area contributed by atoms with E-state index in [1.807, 2.05) is 19.1 Å². The molecule has 2 rings (SSSR count). The summed E-state index contributed by atoms with van der Waals surface area (Å²) in [5.74, 6) is 2.62. The molecule has 154 valence electrons. The number of benzene rings is 2. The second kappa shape index (κ2) is 12.3. The van der Waals surface area contributed by atoms with Crippen molar-refractivity contribution < 1.29 is 14.2 Å². The molecule has 0 aliphatic carbocycles. The van der Waals surface area contributed by atoms with Gasteiger partial charge in [-0.15, -0.1) is 24.0 Å². The standard InChI is InChI=1S/C21H29N3O3.HI/c1-6-22-21(23-13-16-9-7-8-15(2)12-16)24-14-17-10-11-18(25-3)20(27-5)19(17)26-4;/h7-12H,6,13-14H2,1-5H3,(H2,22,23,24);1H. The van der Waals surface area contributed by atoms with Gasteiger partial charge in [0, 0.05) is 18.7 Å². The minimum absolute atomic E-state index is 0. The van der Waals surface area contributed by atoms with E-state index in [1.165, 1.54) is 11.1 Å². The molecular weight excluding hydrogens is 469 g/mol. The molecule has 2 aromatic carbocycles. The van der Waals surface area contributed by atoms with Crippen LogP contribution in [-0.2, 0) is 13.1 Å². The number of halogens is 1. The summed E-state index contributed by atoms with van der Waals surface area (Å²) in [4.78, 5) is 4.67. The van der Waals surface area contributed by atoms with Crippen molar-refractivity contribution in [3.63, 3.8) is 0 Å². The Bertz CT molecular complexity index is 781. The van der Waals surface area contributed by atoms with Crippen molar-refractivity contribution in [2.24, 2.45) is 4.99 Å². The average molecular weight is 499 g/mol. The summed E-state index contributed by atoms with van der Waals surface area (Å²) in [6.07, 6.45) is 0. The van der Waals surface area contributed by atoms with Gasteiger partial charge in [-0.1, -0.05) is 29.8 Å². The van der Waals surface area contributed by atoms with Crippen molar-refractivity contribution in [1.82, 2.24) is 10.6 Å². The third-order valence-electron chi connectivity index (χ3n) is 4.08. The molecule has 0 saturated heterocycles. The third kappa shape index (κ3) is 6.47. The molecule has 0 aliphatic heterocycles. The predicted octanol–water partition coefficient (Wildman–Crippen LogP) is 3.89. The first-order valence-electron chi connectivity index (χ1n) is 8.98. The maximum atomic E-state index is 5.54. The van der Waals surface area contributed by atoms with E-state index in [0.29, 0.717) is 30.3 Å². The maximum Gasteiger partial charge on any atom is 0.203 e. The zero-order valence-electron chi connectivity index (χ0n) is 17.2. The number of nitrogens with one attached hydrogen (secondary N) is 2. The second-order valence-electron chi connectivity index (χ2n) is 6.03. The van der Waals surface area contributed by atoms with Crippen LogP contribution < -0.4 is 24.8 Å². The summed E-state index contributed by atoms with van der Waals surface area (Å²) < 4.78 is 16.3. The highest BCUT2D eigenvalue weighted by molar-refractivity contribution is 14.0. The van der Waals surface area contributed by atoms with Gasteiger partial charge in [-0.05, 0) is 31.5 Å². The van der Waals surface area contributed by atoms with Crippen LogP contribution in [0.4, 0.5) is 0 Å². The summed E-state index contributed by atoms with van der Waals surface area (Å²) in [7, 11) is 4.83. The van der Waals surface area contributed by atoms with E-state index in [-0.39, 0.29) is 24.0 Å². The molecule has 0 bridgehead atoms. The number of hydrogen-bond acceptors (Lipinski definition) is 4. The number of nitrogens with zero attached hydrogens (tertiary/aromatic N) is 1. The predicted molar refractivity (Wildman–Crippen MR) is 124 cm³/mol. The summed E-state index contributed by atoms with van der Waals surface area (Å²) in [5.41, 5.74) is 3.36. The van der Waals surface area contributed by atoms with Gasteiger partial charge in [-0.3, -0.25) is 0 Å². The molecule has 2 N–H and O–H groups in total. The fourth-order valence-electron chi connectivity index (χ4n) is 2.80. The van der Waals surface area contributed by atoms with Crippen LogP contribution in [0.3, 0.4) is 0 Å². The third-order valence-corrected chi connectivity index (χ3v) is 4.08. The topological polar surface area (TPSA) is 64.1 Å². The first-order valence-corrected chi connectivity index (χ1v) is 8.98. The minimum atomic E-state index is 0. The zero-order valence-corrected chi connectivity index (χ0v) is 19.5. The summed E-state index contributed by atoms with van der Waals surface area (Å²) in [6.45, 7) is 6.06. The van der Waals surface area contributed by atoms with Gasteiger partial charge in [0.1, 0.15) is 0 Å². The van der Waals surface area contributed by atoms with Crippen molar-refractivity contribution in [2.45, 2.75) is 26.9 Å². The van der Waals surface area contributed by atoms with E-state index in [1.54, 1.807) is 21.3 Å². The first-order chi connectivity index (χ1) is 13.1. The van der Waals surface area contributed by atoms with E-state index in [0.717, 1.165) is 18.1 Å². The average Bonchev–Trinajstić information content (AvgIpc) is 2.69. The van der Waals surface area contributed by atoms with Crippen LogP contribution in [0.1, 0.15) is 23.6 Å². The fraction of sp³-hybridized carbons (Fsp3) is 0.381. The molecule has 2 aromatic rings. The number of rotatable bonds is 8. The van der Waals surface area contributed by atoms with Crippen molar-refractivity contribution in [3.8, 4) is 17.2 Å². The Morgan fingerprint density at radius 2 is 1.71 bits per heavy atom. The molecular formula is C21H30IN3O3. The lowest BCUT2D eigenvalue weighted by Gasteiger charge is -2.17. The van der Waals surface area contributed by atoms with Crippen LogP contribution in [0.2, 0.25) is 0 Å². The van der Waals surface area contributed by atoms with E-state index in [9.17, 15) is 0 Å². The fourth-order valence-corrected chi connectivity index (χ4v) is 2.80. The summed E-state index contributed by atoms with van der Waals surface area (Å²) in [6, 6.07) is 12.2. The Labute approximate surface area is 184 Å². The van der Waals surface area contributed by atoms with Crippen molar-refractivity contribution in [1.29, 1.82) is 0 Å². The maximum absolute atomic E-state index is 5.54. The number of ether oxygens (including phenoxy) is 3. The zero-order chi connectivity index (χ0) is 19.6. The van der Waals surface area contributed by atoms with Crippen LogP contribution >= 0.6 is 24.0 Å². The van der Waals surface area contributed by atoms with Gasteiger partial charge in [0.15, 0.2) is 17.5 Å². The second-order valence-corrected chi connectivity index (χ2v) is 6.03. The largest absolute Gasteiger partial charge is 0.493 e. The van der Waals surface area contributed by atoms with E-state index < -0.39 is 0 Å². The molecule has 0 fully saturated rings. The Kier molecular flexibility index (Phi) is 10.5. The highest BCUT2D eigenvalue weighted by Gasteiger charge is 2.15. The molecule has 0 aliphatic rings. The molecule has 6 nitrogen and oxygen atoms in total. The SMILES string of the molecule is CCNC(=NCc1cccc(C)c1)NCc1ccc(OC)c(OC)c1OC.I.